The quantitative estimate of drug-likeness (QED) is 0.865. The molecule has 2 rings (SSSR count). The van der Waals surface area contributed by atoms with Gasteiger partial charge in [-0.2, -0.15) is 0 Å². The number of amides is 2. The number of hydrogen-bond acceptors (Lipinski definition) is 4. The zero-order valence-corrected chi connectivity index (χ0v) is 15.4. The van der Waals surface area contributed by atoms with Crippen LogP contribution in [0.1, 0.15) is 58.4 Å². The molecule has 0 fully saturated rings. The van der Waals surface area contributed by atoms with E-state index in [2.05, 4.69) is 24.1 Å². The van der Waals surface area contributed by atoms with Gasteiger partial charge in [0.15, 0.2) is 5.89 Å². The van der Waals surface area contributed by atoms with Crippen LogP contribution in [-0.2, 0) is 29.0 Å². The second-order valence-electron chi connectivity index (χ2n) is 7.34. The molecule has 0 aromatic carbocycles. The van der Waals surface area contributed by atoms with Crippen molar-refractivity contribution in [2.24, 2.45) is 11.8 Å². The predicted molar refractivity (Wildman–Crippen MR) is 91.2 cm³/mol. The van der Waals surface area contributed by atoms with Crippen LogP contribution in [0.2, 0.25) is 0 Å². The largest absolute Gasteiger partial charge is 0.445 e. The van der Waals surface area contributed by atoms with Crippen LogP contribution in [0.5, 0.6) is 0 Å². The van der Waals surface area contributed by atoms with Crippen molar-refractivity contribution in [2.75, 3.05) is 6.54 Å². The van der Waals surface area contributed by atoms with Gasteiger partial charge in [-0.15, -0.1) is 0 Å². The van der Waals surface area contributed by atoms with Crippen LogP contribution >= 0.6 is 0 Å². The van der Waals surface area contributed by atoms with Crippen molar-refractivity contribution in [2.45, 2.75) is 66.5 Å². The Balaban J connectivity index is 2.05. The second kappa shape index (κ2) is 7.81. The van der Waals surface area contributed by atoms with Crippen molar-refractivity contribution < 1.29 is 14.0 Å². The summed E-state index contributed by atoms with van der Waals surface area (Å²) in [5, 5.41) is 2.76. The molecule has 0 bridgehead atoms. The van der Waals surface area contributed by atoms with E-state index < -0.39 is 6.04 Å². The van der Waals surface area contributed by atoms with Crippen LogP contribution in [-0.4, -0.2) is 34.3 Å². The molecule has 1 atom stereocenters. The first-order valence-corrected chi connectivity index (χ1v) is 8.81. The zero-order valence-electron chi connectivity index (χ0n) is 15.4. The summed E-state index contributed by atoms with van der Waals surface area (Å²) in [6.07, 6.45) is 2.56. The van der Waals surface area contributed by atoms with Gasteiger partial charge in [0.2, 0.25) is 11.8 Å². The fourth-order valence-corrected chi connectivity index (χ4v) is 2.89. The summed E-state index contributed by atoms with van der Waals surface area (Å²) in [5.74, 6) is 2.09. The van der Waals surface area contributed by atoms with E-state index in [0.717, 1.165) is 30.2 Å². The maximum Gasteiger partial charge on any atom is 0.245 e. The molecule has 1 aliphatic rings. The summed E-state index contributed by atoms with van der Waals surface area (Å²) in [6.45, 7) is 10.7. The lowest BCUT2D eigenvalue weighted by Crippen LogP contribution is -2.51. The average molecular weight is 335 g/mol. The fraction of sp³-hybridized carbons (Fsp3) is 0.722. The SMILES string of the molecule is CC(=O)NC(C(=O)N1CCc2oc(CCC(C)C)nc2C1)C(C)C. The van der Waals surface area contributed by atoms with Crippen LogP contribution in [0.15, 0.2) is 4.42 Å². The van der Waals surface area contributed by atoms with Gasteiger partial charge in [0.05, 0.1) is 6.54 Å². The maximum atomic E-state index is 12.8. The monoisotopic (exact) mass is 335 g/mol. The molecule has 0 saturated heterocycles. The van der Waals surface area contributed by atoms with Crippen LogP contribution in [0, 0.1) is 11.8 Å². The van der Waals surface area contributed by atoms with E-state index in [1.807, 2.05) is 13.8 Å². The lowest BCUT2D eigenvalue weighted by Gasteiger charge is -2.31. The molecule has 1 N–H and O–H groups in total. The molecular weight excluding hydrogens is 306 g/mol. The zero-order chi connectivity index (χ0) is 17.9. The van der Waals surface area contributed by atoms with E-state index in [9.17, 15) is 9.59 Å². The third kappa shape index (κ3) is 4.58. The van der Waals surface area contributed by atoms with E-state index in [4.69, 9.17) is 4.42 Å². The van der Waals surface area contributed by atoms with E-state index in [1.165, 1.54) is 6.92 Å². The standard InChI is InChI=1S/C18H29N3O3/c1-11(2)6-7-16-20-14-10-21(9-8-15(14)24-16)18(23)17(12(3)4)19-13(5)22/h11-12,17H,6-10H2,1-5H3,(H,19,22). The molecule has 24 heavy (non-hydrogen) atoms. The van der Waals surface area contributed by atoms with Crippen molar-refractivity contribution in [1.29, 1.82) is 0 Å². The number of nitrogens with one attached hydrogen (secondary N) is 1. The minimum Gasteiger partial charge on any atom is -0.445 e. The summed E-state index contributed by atoms with van der Waals surface area (Å²) in [6, 6.07) is -0.489. The van der Waals surface area contributed by atoms with Crippen LogP contribution < -0.4 is 5.32 Å². The number of nitrogens with zero attached hydrogens (tertiary/aromatic N) is 2. The highest BCUT2D eigenvalue weighted by atomic mass is 16.4. The molecule has 1 aliphatic heterocycles. The molecule has 6 nitrogen and oxygen atoms in total. The lowest BCUT2D eigenvalue weighted by atomic mass is 10.0. The van der Waals surface area contributed by atoms with Gasteiger partial charge in [-0.25, -0.2) is 4.98 Å². The third-order valence-electron chi connectivity index (χ3n) is 4.31. The maximum absolute atomic E-state index is 12.8. The minimum absolute atomic E-state index is 0.0432. The normalized spacial score (nSPS) is 15.5. The molecule has 1 aromatic heterocycles. The van der Waals surface area contributed by atoms with E-state index in [1.54, 1.807) is 4.90 Å². The number of aryl methyl sites for hydroxylation is 1. The number of carbonyl (C=O) groups is 2. The molecule has 2 heterocycles. The Morgan fingerprint density at radius 3 is 2.58 bits per heavy atom. The summed E-state index contributed by atoms with van der Waals surface area (Å²) in [4.78, 5) is 30.5. The Morgan fingerprint density at radius 2 is 2.00 bits per heavy atom. The van der Waals surface area contributed by atoms with Gasteiger partial charge >= 0.3 is 0 Å². The summed E-state index contributed by atoms with van der Waals surface area (Å²) in [5.41, 5.74) is 0.860. The summed E-state index contributed by atoms with van der Waals surface area (Å²) >= 11 is 0. The van der Waals surface area contributed by atoms with E-state index in [0.29, 0.717) is 25.4 Å². The van der Waals surface area contributed by atoms with Crippen LogP contribution in [0.4, 0.5) is 0 Å². The first-order chi connectivity index (χ1) is 11.3. The molecule has 0 radical (unpaired) electrons. The smallest absolute Gasteiger partial charge is 0.245 e. The lowest BCUT2D eigenvalue weighted by molar-refractivity contribution is -0.138. The van der Waals surface area contributed by atoms with Gasteiger partial charge in [0.1, 0.15) is 17.5 Å². The minimum atomic E-state index is -0.489. The first kappa shape index (κ1) is 18.5. The highest BCUT2D eigenvalue weighted by Crippen LogP contribution is 2.22. The average Bonchev–Trinajstić information content (AvgIpc) is 2.91. The van der Waals surface area contributed by atoms with Crippen molar-refractivity contribution in [3.05, 3.63) is 17.3 Å². The molecule has 134 valence electrons. The number of carbonyl (C=O) groups excluding carboxylic acids is 2. The van der Waals surface area contributed by atoms with E-state index in [-0.39, 0.29) is 17.7 Å². The van der Waals surface area contributed by atoms with Crippen LogP contribution in [0.25, 0.3) is 0 Å². The van der Waals surface area contributed by atoms with Crippen molar-refractivity contribution in [1.82, 2.24) is 15.2 Å². The van der Waals surface area contributed by atoms with Gasteiger partial charge < -0.3 is 14.6 Å². The van der Waals surface area contributed by atoms with E-state index >= 15 is 0 Å². The highest BCUT2D eigenvalue weighted by molar-refractivity contribution is 5.87. The second-order valence-corrected chi connectivity index (χ2v) is 7.34. The topological polar surface area (TPSA) is 75.4 Å². The Bertz CT molecular complexity index is 592. The Morgan fingerprint density at radius 1 is 1.29 bits per heavy atom. The number of aromatic nitrogens is 1. The Labute approximate surface area is 144 Å². The van der Waals surface area contributed by atoms with Gasteiger partial charge in [0, 0.05) is 26.3 Å². The van der Waals surface area contributed by atoms with Gasteiger partial charge in [-0.05, 0) is 18.3 Å². The number of fused-ring (bicyclic) bond motifs is 1. The molecule has 1 unspecified atom stereocenters. The molecular formula is C18H29N3O3. The van der Waals surface area contributed by atoms with Gasteiger partial charge in [0.25, 0.3) is 0 Å². The van der Waals surface area contributed by atoms with Gasteiger partial charge in [-0.3, -0.25) is 9.59 Å². The number of oxazole rings is 1. The number of rotatable bonds is 6. The Kier molecular flexibility index (Phi) is 6.02. The van der Waals surface area contributed by atoms with Crippen molar-refractivity contribution in [3.63, 3.8) is 0 Å². The van der Waals surface area contributed by atoms with Gasteiger partial charge in [-0.1, -0.05) is 27.7 Å². The van der Waals surface area contributed by atoms with Crippen molar-refractivity contribution in [3.8, 4) is 0 Å². The third-order valence-corrected chi connectivity index (χ3v) is 4.31. The van der Waals surface area contributed by atoms with Crippen LogP contribution in [0.3, 0.4) is 0 Å². The highest BCUT2D eigenvalue weighted by Gasteiger charge is 2.31. The van der Waals surface area contributed by atoms with Crippen molar-refractivity contribution >= 4 is 11.8 Å². The molecule has 1 aromatic rings. The fourth-order valence-electron chi connectivity index (χ4n) is 2.89. The molecule has 0 aliphatic carbocycles. The molecule has 0 spiro atoms. The predicted octanol–water partition coefficient (Wildman–Crippen LogP) is 2.31. The Hall–Kier alpha value is -1.85. The molecule has 2 amide bonds. The molecule has 6 heteroatoms. The first-order valence-electron chi connectivity index (χ1n) is 8.81. The molecule has 0 saturated carbocycles. The summed E-state index contributed by atoms with van der Waals surface area (Å²) < 4.78 is 5.84. The summed E-state index contributed by atoms with van der Waals surface area (Å²) in [7, 11) is 0. The number of hydrogen-bond donors (Lipinski definition) is 1.